The maximum Gasteiger partial charge on any atom is 0.257 e. The van der Waals surface area contributed by atoms with Gasteiger partial charge in [-0.2, -0.15) is 0 Å². The fourth-order valence-corrected chi connectivity index (χ4v) is 3.52. The predicted octanol–water partition coefficient (Wildman–Crippen LogP) is -0.528. The molecule has 1 amide bonds. The van der Waals surface area contributed by atoms with Crippen LogP contribution in [0, 0.1) is 0 Å². The summed E-state index contributed by atoms with van der Waals surface area (Å²) in [5.41, 5.74) is 1.64. The Labute approximate surface area is 129 Å². The number of nitrogens with one attached hydrogen (secondary N) is 2. The molecule has 1 saturated heterocycles. The number of anilines is 1. The minimum atomic E-state index is -3.53. The molecule has 0 aromatic heterocycles. The van der Waals surface area contributed by atoms with Gasteiger partial charge < -0.3 is 15.0 Å². The van der Waals surface area contributed by atoms with E-state index in [1.165, 1.54) is 7.05 Å². The van der Waals surface area contributed by atoms with Gasteiger partial charge in [-0.15, -0.1) is 0 Å². The van der Waals surface area contributed by atoms with E-state index in [-0.39, 0.29) is 10.8 Å². The maximum atomic E-state index is 12.6. The summed E-state index contributed by atoms with van der Waals surface area (Å²) < 4.78 is 31.7. The van der Waals surface area contributed by atoms with Gasteiger partial charge in [0.15, 0.2) is 0 Å². The number of benzene rings is 1. The summed E-state index contributed by atoms with van der Waals surface area (Å²) >= 11 is 0. The summed E-state index contributed by atoms with van der Waals surface area (Å²) in [6, 6.07) is 4.90. The first-order valence-corrected chi connectivity index (χ1v) is 8.71. The highest BCUT2D eigenvalue weighted by molar-refractivity contribution is 7.89. The van der Waals surface area contributed by atoms with E-state index in [1.807, 2.05) is 0 Å². The van der Waals surface area contributed by atoms with Crippen LogP contribution in [0.2, 0.25) is 0 Å². The molecule has 2 N–H and O–H groups in total. The molecule has 22 heavy (non-hydrogen) atoms. The largest absolute Gasteiger partial charge is 0.366 e. The Kier molecular flexibility index (Phi) is 4.18. The average Bonchev–Trinajstić information content (AvgIpc) is 2.98. The van der Waals surface area contributed by atoms with Crippen molar-refractivity contribution in [1.82, 2.24) is 10.0 Å². The van der Waals surface area contributed by atoms with Crippen molar-refractivity contribution in [3.8, 4) is 0 Å². The normalized spacial score (nSPS) is 21.7. The van der Waals surface area contributed by atoms with Crippen molar-refractivity contribution in [2.45, 2.75) is 17.4 Å². The fourth-order valence-electron chi connectivity index (χ4n) is 2.77. The summed E-state index contributed by atoms with van der Waals surface area (Å²) in [4.78, 5) is 14.4. The lowest BCUT2D eigenvalue weighted by atomic mass is 10.2. The molecule has 3 rings (SSSR count). The standard InChI is InChI=1S/C14H19N3O4S/c1-15-22(19,20)11-3-2-10-4-6-17(12(10)8-11)14(18)13-9-16-5-7-21-13/h2-3,8,13,15-16H,4-7,9H2,1H3. The van der Waals surface area contributed by atoms with Gasteiger partial charge in [0.25, 0.3) is 5.91 Å². The third-order valence-electron chi connectivity index (χ3n) is 4.00. The number of ether oxygens (including phenoxy) is 1. The van der Waals surface area contributed by atoms with Gasteiger partial charge in [-0.1, -0.05) is 6.07 Å². The monoisotopic (exact) mass is 325 g/mol. The van der Waals surface area contributed by atoms with Crippen LogP contribution in [-0.2, 0) is 26.0 Å². The topological polar surface area (TPSA) is 87.7 Å². The van der Waals surface area contributed by atoms with Crippen LogP contribution in [0.25, 0.3) is 0 Å². The third-order valence-corrected chi connectivity index (χ3v) is 5.41. The first-order valence-electron chi connectivity index (χ1n) is 7.23. The van der Waals surface area contributed by atoms with E-state index < -0.39 is 16.1 Å². The molecule has 1 atom stereocenters. The molecule has 2 aliphatic heterocycles. The molecule has 0 bridgehead atoms. The van der Waals surface area contributed by atoms with E-state index in [0.29, 0.717) is 25.4 Å². The Morgan fingerprint density at radius 1 is 1.45 bits per heavy atom. The van der Waals surface area contributed by atoms with Crippen LogP contribution in [0.3, 0.4) is 0 Å². The van der Waals surface area contributed by atoms with E-state index >= 15 is 0 Å². The van der Waals surface area contributed by atoms with E-state index in [9.17, 15) is 13.2 Å². The zero-order valence-corrected chi connectivity index (χ0v) is 13.1. The van der Waals surface area contributed by atoms with Gasteiger partial charge in [0, 0.05) is 25.3 Å². The van der Waals surface area contributed by atoms with Crippen LogP contribution >= 0.6 is 0 Å². The van der Waals surface area contributed by atoms with E-state index in [1.54, 1.807) is 23.1 Å². The number of hydrogen-bond acceptors (Lipinski definition) is 5. The number of morpholine rings is 1. The van der Waals surface area contributed by atoms with Crippen LogP contribution in [-0.4, -0.2) is 53.7 Å². The number of rotatable bonds is 3. The molecule has 0 aliphatic carbocycles. The van der Waals surface area contributed by atoms with Crippen molar-refractivity contribution in [2.24, 2.45) is 0 Å². The van der Waals surface area contributed by atoms with Gasteiger partial charge >= 0.3 is 0 Å². The molecule has 2 aliphatic rings. The zero-order valence-electron chi connectivity index (χ0n) is 12.3. The second-order valence-corrected chi connectivity index (χ2v) is 7.19. The average molecular weight is 325 g/mol. The van der Waals surface area contributed by atoms with Crippen molar-refractivity contribution < 1.29 is 17.9 Å². The molecule has 1 fully saturated rings. The lowest BCUT2D eigenvalue weighted by molar-refractivity contribution is -0.131. The number of carbonyl (C=O) groups is 1. The molecule has 1 unspecified atom stereocenters. The molecule has 0 spiro atoms. The Balaban J connectivity index is 1.90. The summed E-state index contributed by atoms with van der Waals surface area (Å²) in [7, 11) is -2.16. The van der Waals surface area contributed by atoms with Gasteiger partial charge in [0.05, 0.1) is 11.5 Å². The van der Waals surface area contributed by atoms with Crippen molar-refractivity contribution >= 4 is 21.6 Å². The lowest BCUT2D eigenvalue weighted by Gasteiger charge is -2.27. The fraction of sp³-hybridized carbons (Fsp3) is 0.500. The highest BCUT2D eigenvalue weighted by Crippen LogP contribution is 2.31. The lowest BCUT2D eigenvalue weighted by Crippen LogP contribution is -2.49. The molecule has 1 aromatic carbocycles. The van der Waals surface area contributed by atoms with Crippen LogP contribution in [0.1, 0.15) is 5.56 Å². The quantitative estimate of drug-likeness (QED) is 0.780. The molecular weight excluding hydrogens is 306 g/mol. The Morgan fingerprint density at radius 2 is 2.27 bits per heavy atom. The Hall–Kier alpha value is -1.48. The molecule has 2 heterocycles. The second kappa shape index (κ2) is 5.96. The summed E-state index contributed by atoms with van der Waals surface area (Å²) in [6.07, 6.45) is 0.213. The summed E-state index contributed by atoms with van der Waals surface area (Å²) in [5, 5.41) is 3.13. The SMILES string of the molecule is CNS(=O)(=O)c1ccc2c(c1)N(C(=O)C1CNCCO1)CC2. The van der Waals surface area contributed by atoms with Gasteiger partial charge in [0.2, 0.25) is 10.0 Å². The Bertz CT molecular complexity index is 683. The smallest absolute Gasteiger partial charge is 0.257 e. The van der Waals surface area contributed by atoms with Crippen LogP contribution < -0.4 is 14.9 Å². The summed E-state index contributed by atoms with van der Waals surface area (Å²) in [5.74, 6) is -0.120. The van der Waals surface area contributed by atoms with Crippen LogP contribution in [0.5, 0.6) is 0 Å². The van der Waals surface area contributed by atoms with Crippen molar-refractivity contribution in [1.29, 1.82) is 0 Å². The third kappa shape index (κ3) is 2.74. The zero-order chi connectivity index (χ0) is 15.7. The highest BCUT2D eigenvalue weighted by Gasteiger charge is 2.32. The maximum absolute atomic E-state index is 12.6. The van der Waals surface area contributed by atoms with E-state index in [2.05, 4.69) is 10.0 Å². The van der Waals surface area contributed by atoms with Gasteiger partial charge in [0.1, 0.15) is 6.10 Å². The number of fused-ring (bicyclic) bond motifs is 1. The predicted molar refractivity (Wildman–Crippen MR) is 81.4 cm³/mol. The van der Waals surface area contributed by atoms with Gasteiger partial charge in [-0.05, 0) is 31.2 Å². The van der Waals surface area contributed by atoms with E-state index in [0.717, 1.165) is 18.5 Å². The molecule has 0 saturated carbocycles. The van der Waals surface area contributed by atoms with Crippen LogP contribution in [0.4, 0.5) is 5.69 Å². The Morgan fingerprint density at radius 3 is 2.95 bits per heavy atom. The number of amides is 1. The highest BCUT2D eigenvalue weighted by atomic mass is 32.2. The minimum Gasteiger partial charge on any atom is -0.366 e. The van der Waals surface area contributed by atoms with Crippen LogP contribution in [0.15, 0.2) is 23.1 Å². The number of carbonyl (C=O) groups excluding carboxylic acids is 1. The molecule has 8 heteroatoms. The van der Waals surface area contributed by atoms with Crippen molar-refractivity contribution in [2.75, 3.05) is 38.2 Å². The first kappa shape index (κ1) is 15.4. The minimum absolute atomic E-state index is 0.120. The molecule has 120 valence electrons. The number of sulfonamides is 1. The molecular formula is C14H19N3O4S. The van der Waals surface area contributed by atoms with Crippen molar-refractivity contribution in [3.05, 3.63) is 23.8 Å². The first-order chi connectivity index (χ1) is 10.5. The molecule has 1 aromatic rings. The van der Waals surface area contributed by atoms with Gasteiger partial charge in [-0.3, -0.25) is 4.79 Å². The van der Waals surface area contributed by atoms with Crippen molar-refractivity contribution in [3.63, 3.8) is 0 Å². The number of nitrogens with zero attached hydrogens (tertiary/aromatic N) is 1. The van der Waals surface area contributed by atoms with E-state index in [4.69, 9.17) is 4.74 Å². The molecule has 0 radical (unpaired) electrons. The van der Waals surface area contributed by atoms with Gasteiger partial charge in [-0.25, -0.2) is 13.1 Å². The summed E-state index contributed by atoms with van der Waals surface area (Å²) in [6.45, 7) is 2.28. The molecule has 7 nitrogen and oxygen atoms in total. The number of hydrogen-bond donors (Lipinski definition) is 2. The second-order valence-electron chi connectivity index (χ2n) is 5.30.